The Hall–Kier alpha value is -1.22. The Labute approximate surface area is 89.6 Å². The van der Waals surface area contributed by atoms with E-state index in [1.54, 1.807) is 0 Å². The van der Waals surface area contributed by atoms with Crippen molar-refractivity contribution >= 4 is 0 Å². The standard InChI is InChI=1S/C12H15NO2/c1-2-5-12-11(4-1)14-9-10(15-12)8-13-6-3-7-13/h1-2,4-5,10H,3,6-9H2. The van der Waals surface area contributed by atoms with E-state index in [9.17, 15) is 0 Å². The van der Waals surface area contributed by atoms with E-state index < -0.39 is 0 Å². The first-order chi connectivity index (χ1) is 7.42. The molecular weight excluding hydrogens is 190 g/mol. The highest BCUT2D eigenvalue weighted by atomic mass is 16.6. The van der Waals surface area contributed by atoms with Crippen molar-refractivity contribution < 1.29 is 9.47 Å². The number of hydrogen-bond acceptors (Lipinski definition) is 3. The summed E-state index contributed by atoms with van der Waals surface area (Å²) in [5.41, 5.74) is 0. The van der Waals surface area contributed by atoms with Crippen LogP contribution >= 0.6 is 0 Å². The van der Waals surface area contributed by atoms with E-state index in [4.69, 9.17) is 9.47 Å². The van der Waals surface area contributed by atoms with Gasteiger partial charge < -0.3 is 9.47 Å². The molecule has 0 aromatic heterocycles. The third-order valence-electron chi connectivity index (χ3n) is 2.98. The average molecular weight is 205 g/mol. The van der Waals surface area contributed by atoms with Gasteiger partial charge in [-0.1, -0.05) is 12.1 Å². The van der Waals surface area contributed by atoms with Gasteiger partial charge in [-0.25, -0.2) is 0 Å². The van der Waals surface area contributed by atoms with Gasteiger partial charge >= 0.3 is 0 Å². The van der Waals surface area contributed by atoms with Gasteiger partial charge in [-0.15, -0.1) is 0 Å². The summed E-state index contributed by atoms with van der Waals surface area (Å²) < 4.78 is 11.5. The predicted molar refractivity (Wildman–Crippen MR) is 57.4 cm³/mol. The van der Waals surface area contributed by atoms with Crippen LogP contribution in [0.15, 0.2) is 24.3 Å². The van der Waals surface area contributed by atoms with Crippen LogP contribution in [0.3, 0.4) is 0 Å². The van der Waals surface area contributed by atoms with Gasteiger partial charge in [0.05, 0.1) is 0 Å². The SMILES string of the molecule is c1ccc2c(c1)OCC(CN1CCC1)O2. The highest BCUT2D eigenvalue weighted by molar-refractivity contribution is 5.40. The van der Waals surface area contributed by atoms with Crippen molar-refractivity contribution in [2.24, 2.45) is 0 Å². The molecule has 0 radical (unpaired) electrons. The third-order valence-corrected chi connectivity index (χ3v) is 2.98. The Morgan fingerprint density at radius 1 is 1.20 bits per heavy atom. The van der Waals surface area contributed by atoms with Crippen LogP contribution in [0.25, 0.3) is 0 Å². The third kappa shape index (κ3) is 1.79. The van der Waals surface area contributed by atoms with Crippen LogP contribution in [0.1, 0.15) is 6.42 Å². The van der Waals surface area contributed by atoms with Crippen molar-refractivity contribution in [1.29, 1.82) is 0 Å². The Kier molecular flexibility index (Phi) is 2.25. The minimum Gasteiger partial charge on any atom is -0.486 e. The second kappa shape index (κ2) is 3.74. The van der Waals surface area contributed by atoms with Crippen molar-refractivity contribution in [3.05, 3.63) is 24.3 Å². The molecule has 0 aliphatic carbocycles. The molecule has 80 valence electrons. The summed E-state index contributed by atoms with van der Waals surface area (Å²) in [5, 5.41) is 0. The Balaban J connectivity index is 1.66. The van der Waals surface area contributed by atoms with E-state index in [0.717, 1.165) is 18.0 Å². The molecule has 1 aromatic carbocycles. The second-order valence-electron chi connectivity index (χ2n) is 4.15. The molecule has 2 heterocycles. The van der Waals surface area contributed by atoms with Gasteiger partial charge in [-0.05, 0) is 31.6 Å². The van der Waals surface area contributed by atoms with E-state index in [2.05, 4.69) is 4.90 Å². The molecule has 1 aromatic rings. The Bertz CT molecular complexity index is 349. The van der Waals surface area contributed by atoms with E-state index in [0.29, 0.717) is 6.61 Å². The quantitative estimate of drug-likeness (QED) is 0.731. The number of fused-ring (bicyclic) bond motifs is 1. The molecule has 1 saturated heterocycles. The second-order valence-corrected chi connectivity index (χ2v) is 4.15. The van der Waals surface area contributed by atoms with Crippen LogP contribution in [0.4, 0.5) is 0 Å². The fraction of sp³-hybridized carbons (Fsp3) is 0.500. The number of hydrogen-bond donors (Lipinski definition) is 0. The highest BCUT2D eigenvalue weighted by Crippen LogP contribution is 2.31. The van der Waals surface area contributed by atoms with Crippen molar-refractivity contribution in [2.75, 3.05) is 26.2 Å². The summed E-state index contributed by atoms with van der Waals surface area (Å²) in [4.78, 5) is 2.40. The molecule has 0 saturated carbocycles. The summed E-state index contributed by atoms with van der Waals surface area (Å²) in [5.74, 6) is 1.76. The molecule has 15 heavy (non-hydrogen) atoms. The molecule has 3 rings (SSSR count). The van der Waals surface area contributed by atoms with Crippen molar-refractivity contribution in [3.8, 4) is 11.5 Å². The van der Waals surface area contributed by atoms with Crippen LogP contribution in [0.2, 0.25) is 0 Å². The summed E-state index contributed by atoms with van der Waals surface area (Å²) in [6, 6.07) is 7.87. The van der Waals surface area contributed by atoms with Gasteiger partial charge in [0.25, 0.3) is 0 Å². The lowest BCUT2D eigenvalue weighted by Gasteiger charge is -2.35. The molecule has 1 atom stereocenters. The zero-order chi connectivity index (χ0) is 10.1. The Morgan fingerprint density at radius 2 is 2.00 bits per heavy atom. The summed E-state index contributed by atoms with van der Waals surface area (Å²) in [6.45, 7) is 4.09. The lowest BCUT2D eigenvalue weighted by atomic mass is 10.2. The molecule has 0 spiro atoms. The van der Waals surface area contributed by atoms with Gasteiger partial charge in [-0.3, -0.25) is 4.90 Å². The molecule has 3 nitrogen and oxygen atoms in total. The largest absolute Gasteiger partial charge is 0.486 e. The zero-order valence-electron chi connectivity index (χ0n) is 8.69. The lowest BCUT2D eigenvalue weighted by molar-refractivity contribution is 0.0403. The summed E-state index contributed by atoms with van der Waals surface area (Å²) in [7, 11) is 0. The van der Waals surface area contributed by atoms with Gasteiger partial charge in [0.15, 0.2) is 11.5 Å². The first-order valence-corrected chi connectivity index (χ1v) is 5.53. The number of benzene rings is 1. The first-order valence-electron chi connectivity index (χ1n) is 5.53. The molecule has 1 unspecified atom stereocenters. The molecule has 3 heteroatoms. The normalized spacial score (nSPS) is 24.7. The van der Waals surface area contributed by atoms with E-state index in [-0.39, 0.29) is 6.10 Å². The van der Waals surface area contributed by atoms with E-state index >= 15 is 0 Å². The van der Waals surface area contributed by atoms with Gasteiger partial charge in [0.2, 0.25) is 0 Å². The molecule has 0 amide bonds. The minimum atomic E-state index is 0.195. The number of para-hydroxylation sites is 2. The zero-order valence-corrected chi connectivity index (χ0v) is 8.69. The molecule has 1 fully saturated rings. The lowest BCUT2D eigenvalue weighted by Crippen LogP contribution is -2.46. The first kappa shape index (κ1) is 9.04. The topological polar surface area (TPSA) is 21.7 Å². The number of ether oxygens (including phenoxy) is 2. The molecule has 2 aliphatic rings. The molecular formula is C12H15NO2. The summed E-state index contributed by atoms with van der Waals surface area (Å²) in [6.07, 6.45) is 1.52. The van der Waals surface area contributed by atoms with Gasteiger partial charge in [-0.2, -0.15) is 0 Å². The van der Waals surface area contributed by atoms with E-state index in [1.165, 1.54) is 19.5 Å². The van der Waals surface area contributed by atoms with Crippen molar-refractivity contribution in [1.82, 2.24) is 4.90 Å². The average Bonchev–Trinajstić information content (AvgIpc) is 2.23. The van der Waals surface area contributed by atoms with Crippen LogP contribution in [-0.2, 0) is 0 Å². The Morgan fingerprint density at radius 3 is 2.73 bits per heavy atom. The van der Waals surface area contributed by atoms with Crippen LogP contribution in [0.5, 0.6) is 11.5 Å². The number of nitrogens with zero attached hydrogens (tertiary/aromatic N) is 1. The highest BCUT2D eigenvalue weighted by Gasteiger charge is 2.25. The maximum Gasteiger partial charge on any atom is 0.161 e. The maximum atomic E-state index is 5.87. The fourth-order valence-corrected chi connectivity index (χ4v) is 2.01. The van der Waals surface area contributed by atoms with Crippen LogP contribution in [0, 0.1) is 0 Å². The minimum absolute atomic E-state index is 0.195. The molecule has 0 N–H and O–H groups in total. The monoisotopic (exact) mass is 205 g/mol. The fourth-order valence-electron chi connectivity index (χ4n) is 2.01. The maximum absolute atomic E-state index is 5.87. The van der Waals surface area contributed by atoms with Gasteiger partial charge in [0.1, 0.15) is 12.7 Å². The number of rotatable bonds is 2. The predicted octanol–water partition coefficient (Wildman–Crippen LogP) is 1.53. The molecule has 2 aliphatic heterocycles. The summed E-state index contributed by atoms with van der Waals surface area (Å²) >= 11 is 0. The van der Waals surface area contributed by atoms with Crippen molar-refractivity contribution in [2.45, 2.75) is 12.5 Å². The van der Waals surface area contributed by atoms with E-state index in [1.807, 2.05) is 24.3 Å². The van der Waals surface area contributed by atoms with Crippen LogP contribution in [-0.4, -0.2) is 37.2 Å². The van der Waals surface area contributed by atoms with Crippen LogP contribution < -0.4 is 9.47 Å². The van der Waals surface area contributed by atoms with Crippen molar-refractivity contribution in [3.63, 3.8) is 0 Å². The smallest absolute Gasteiger partial charge is 0.161 e. The molecule has 0 bridgehead atoms. The van der Waals surface area contributed by atoms with Gasteiger partial charge in [0, 0.05) is 6.54 Å². The number of likely N-dealkylation sites (tertiary alicyclic amines) is 1.